The fourth-order valence-electron chi connectivity index (χ4n) is 1.83. The Labute approximate surface area is 136 Å². The SMILES string of the molecule is O=C[C@@H](O)[C@@H](O)[C@H](O)[C@H](O)CO.O[C@H]1[C@H](O)[C@@H](O)[C@H](O)[C@@H](O)[C@H]1O. The van der Waals surface area contributed by atoms with Gasteiger partial charge in [0.05, 0.1) is 6.61 Å². The Hall–Kier alpha value is -0.770. The van der Waals surface area contributed by atoms with Crippen LogP contribution in [0.1, 0.15) is 0 Å². The van der Waals surface area contributed by atoms with E-state index in [9.17, 15) is 4.79 Å². The van der Waals surface area contributed by atoms with Gasteiger partial charge in [-0.25, -0.2) is 0 Å². The van der Waals surface area contributed by atoms with Gasteiger partial charge in [0.1, 0.15) is 61.0 Å². The summed E-state index contributed by atoms with van der Waals surface area (Å²) in [5.74, 6) is 0. The molecule has 0 aromatic carbocycles. The molecule has 1 fully saturated rings. The zero-order valence-corrected chi connectivity index (χ0v) is 12.4. The fourth-order valence-corrected chi connectivity index (χ4v) is 1.83. The minimum Gasteiger partial charge on any atom is -0.394 e. The van der Waals surface area contributed by atoms with Crippen molar-refractivity contribution >= 4 is 6.29 Å². The van der Waals surface area contributed by atoms with Gasteiger partial charge in [-0.15, -0.1) is 0 Å². The van der Waals surface area contributed by atoms with Crippen LogP contribution in [0.15, 0.2) is 0 Å². The highest BCUT2D eigenvalue weighted by Crippen LogP contribution is 2.20. The molecule has 144 valence electrons. The molecule has 12 nitrogen and oxygen atoms in total. The van der Waals surface area contributed by atoms with E-state index in [1.165, 1.54) is 0 Å². The van der Waals surface area contributed by atoms with E-state index in [-0.39, 0.29) is 6.29 Å². The van der Waals surface area contributed by atoms with Crippen LogP contribution in [-0.2, 0) is 4.79 Å². The van der Waals surface area contributed by atoms with Gasteiger partial charge < -0.3 is 61.0 Å². The van der Waals surface area contributed by atoms with Gasteiger partial charge in [-0.1, -0.05) is 0 Å². The molecule has 11 N–H and O–H groups in total. The van der Waals surface area contributed by atoms with Crippen molar-refractivity contribution in [3.8, 4) is 0 Å². The lowest BCUT2D eigenvalue weighted by molar-refractivity contribution is -0.223. The van der Waals surface area contributed by atoms with Crippen LogP contribution < -0.4 is 0 Å². The summed E-state index contributed by atoms with van der Waals surface area (Å²) in [6, 6.07) is 0. The van der Waals surface area contributed by atoms with Gasteiger partial charge in [0, 0.05) is 0 Å². The van der Waals surface area contributed by atoms with Crippen LogP contribution in [0.4, 0.5) is 0 Å². The summed E-state index contributed by atoms with van der Waals surface area (Å²) in [6.07, 6.45) is -16.7. The highest BCUT2D eigenvalue weighted by atomic mass is 16.4. The van der Waals surface area contributed by atoms with Gasteiger partial charge in [0.2, 0.25) is 0 Å². The third kappa shape index (κ3) is 5.65. The number of carbonyl (C=O) groups excluding carboxylic acids is 1. The van der Waals surface area contributed by atoms with Crippen LogP contribution in [0.3, 0.4) is 0 Å². The summed E-state index contributed by atoms with van der Waals surface area (Å²) in [7, 11) is 0. The summed E-state index contributed by atoms with van der Waals surface area (Å²) in [5, 5.41) is 97.4. The average Bonchev–Trinajstić information content (AvgIpc) is 2.60. The monoisotopic (exact) mass is 360 g/mol. The molecule has 0 saturated heterocycles. The van der Waals surface area contributed by atoms with Gasteiger partial charge in [0.25, 0.3) is 0 Å². The van der Waals surface area contributed by atoms with Crippen LogP contribution in [0.5, 0.6) is 0 Å². The summed E-state index contributed by atoms with van der Waals surface area (Å²) in [5.41, 5.74) is 0. The lowest BCUT2D eigenvalue weighted by atomic mass is 9.85. The second kappa shape index (κ2) is 10.3. The molecule has 1 rings (SSSR count). The number of carbonyl (C=O) groups is 1. The highest BCUT2D eigenvalue weighted by molar-refractivity contribution is 5.56. The van der Waals surface area contributed by atoms with Crippen LogP contribution in [-0.4, -0.2) is 130 Å². The Balaban J connectivity index is 0.000000441. The smallest absolute Gasteiger partial charge is 0.151 e. The summed E-state index contributed by atoms with van der Waals surface area (Å²) in [4.78, 5) is 9.90. The minimum absolute atomic E-state index is 0.0258. The molecule has 4 atom stereocenters. The van der Waals surface area contributed by atoms with Crippen molar-refractivity contribution in [2.24, 2.45) is 0 Å². The lowest BCUT2D eigenvalue weighted by Gasteiger charge is -2.39. The van der Waals surface area contributed by atoms with Crippen molar-refractivity contribution in [3.05, 3.63) is 0 Å². The van der Waals surface area contributed by atoms with Crippen molar-refractivity contribution < 1.29 is 61.0 Å². The first-order chi connectivity index (χ1) is 11.0. The fraction of sp³-hybridized carbons (Fsp3) is 0.917. The maximum absolute atomic E-state index is 9.90. The van der Waals surface area contributed by atoms with Gasteiger partial charge in [0.15, 0.2) is 6.29 Å². The molecular formula is C12H24O12. The molecule has 1 aliphatic carbocycles. The first-order valence-electron chi connectivity index (χ1n) is 6.88. The van der Waals surface area contributed by atoms with E-state index >= 15 is 0 Å². The van der Waals surface area contributed by atoms with Crippen molar-refractivity contribution in [3.63, 3.8) is 0 Å². The molecule has 0 bridgehead atoms. The highest BCUT2D eigenvalue weighted by Gasteiger charge is 2.47. The maximum atomic E-state index is 9.90. The van der Waals surface area contributed by atoms with Gasteiger partial charge in [-0.2, -0.15) is 0 Å². The number of aliphatic hydroxyl groups excluding tert-OH is 11. The zero-order chi connectivity index (χ0) is 19.2. The predicted octanol–water partition coefficient (Wildman–Crippen LogP) is -7.21. The predicted molar refractivity (Wildman–Crippen MR) is 73.2 cm³/mol. The molecule has 0 heterocycles. The van der Waals surface area contributed by atoms with Gasteiger partial charge in [-0.3, -0.25) is 0 Å². The van der Waals surface area contributed by atoms with Crippen molar-refractivity contribution in [1.82, 2.24) is 0 Å². The van der Waals surface area contributed by atoms with Crippen LogP contribution >= 0.6 is 0 Å². The molecule has 0 radical (unpaired) electrons. The number of aldehydes is 1. The molecular weight excluding hydrogens is 336 g/mol. The number of hydrogen-bond acceptors (Lipinski definition) is 12. The molecule has 0 amide bonds. The normalized spacial score (nSPS) is 38.3. The largest absolute Gasteiger partial charge is 0.394 e. The summed E-state index contributed by atoms with van der Waals surface area (Å²) in [6.45, 7) is -0.760. The Morgan fingerprint density at radius 1 is 0.667 bits per heavy atom. The van der Waals surface area contributed by atoms with Crippen molar-refractivity contribution in [2.45, 2.75) is 61.0 Å². The number of aliphatic hydroxyl groups is 11. The van der Waals surface area contributed by atoms with Crippen LogP contribution in [0.2, 0.25) is 0 Å². The Morgan fingerprint density at radius 2 is 0.958 bits per heavy atom. The van der Waals surface area contributed by atoms with E-state index in [0.29, 0.717) is 0 Å². The molecule has 0 aromatic rings. The molecule has 1 aliphatic rings. The van der Waals surface area contributed by atoms with Gasteiger partial charge in [-0.05, 0) is 0 Å². The molecule has 0 unspecified atom stereocenters. The van der Waals surface area contributed by atoms with Crippen molar-refractivity contribution in [2.75, 3.05) is 6.61 Å². The van der Waals surface area contributed by atoms with Crippen molar-refractivity contribution in [1.29, 1.82) is 0 Å². The Morgan fingerprint density at radius 3 is 1.17 bits per heavy atom. The molecule has 24 heavy (non-hydrogen) atoms. The zero-order valence-electron chi connectivity index (χ0n) is 12.4. The lowest BCUT2D eigenvalue weighted by Crippen LogP contribution is -2.63. The van der Waals surface area contributed by atoms with Crippen LogP contribution in [0, 0.1) is 0 Å². The topological polar surface area (TPSA) is 240 Å². The summed E-state index contributed by atoms with van der Waals surface area (Å²) >= 11 is 0. The average molecular weight is 360 g/mol. The second-order valence-corrected chi connectivity index (χ2v) is 5.30. The Kier molecular flexibility index (Phi) is 9.94. The number of rotatable bonds is 5. The quantitative estimate of drug-likeness (QED) is 0.205. The van der Waals surface area contributed by atoms with E-state index in [1.807, 2.05) is 0 Å². The molecule has 0 aromatic heterocycles. The van der Waals surface area contributed by atoms with E-state index < -0.39 is 67.6 Å². The second-order valence-electron chi connectivity index (χ2n) is 5.30. The summed E-state index contributed by atoms with van der Waals surface area (Å²) < 4.78 is 0. The molecule has 0 spiro atoms. The first-order valence-corrected chi connectivity index (χ1v) is 6.88. The first kappa shape index (κ1) is 23.2. The Bertz CT molecular complexity index is 309. The van der Waals surface area contributed by atoms with E-state index in [1.54, 1.807) is 0 Å². The van der Waals surface area contributed by atoms with Gasteiger partial charge >= 0.3 is 0 Å². The maximum Gasteiger partial charge on any atom is 0.151 e. The minimum atomic E-state index is -1.79. The van der Waals surface area contributed by atoms with Crippen LogP contribution in [0.25, 0.3) is 0 Å². The third-order valence-electron chi connectivity index (χ3n) is 3.52. The standard InChI is InChI=1S/2C6H12O6/c7-1-2(8)4(10)6(12)5(11)3(1)9;7-1-3(9)5(11)6(12)4(10)2-8/h1-12H;1,3-6,8-12H,2H2/t1-,2-,3-,4+,5-,6-;3-,4-,5-,6-/m.1/s1. The van der Waals surface area contributed by atoms with E-state index in [4.69, 9.17) is 56.2 Å². The third-order valence-corrected chi connectivity index (χ3v) is 3.52. The number of hydrogen-bond donors (Lipinski definition) is 11. The van der Waals surface area contributed by atoms with E-state index in [2.05, 4.69) is 0 Å². The van der Waals surface area contributed by atoms with E-state index in [0.717, 1.165) is 0 Å². The molecule has 1 saturated carbocycles. The molecule has 12 heteroatoms. The molecule has 0 aliphatic heterocycles.